The zero-order chi connectivity index (χ0) is 13.9. The maximum atomic E-state index is 11.5. The number of carbonyl (C=O) groups excluding carboxylic acids is 1. The van der Waals surface area contributed by atoms with Crippen LogP contribution in [0.25, 0.3) is 17.0 Å². The minimum atomic E-state index is -0.455. The number of alkyl carbamates (subject to hydrolysis) is 1. The number of hydrogen-bond donors (Lipinski definition) is 2. The second-order valence-electron chi connectivity index (χ2n) is 5.37. The molecule has 0 radical (unpaired) electrons. The highest BCUT2D eigenvalue weighted by Crippen LogP contribution is 2.18. The van der Waals surface area contributed by atoms with E-state index in [1.54, 1.807) is 6.08 Å². The van der Waals surface area contributed by atoms with E-state index in [0.717, 1.165) is 16.5 Å². The number of carbonyl (C=O) groups is 1. The van der Waals surface area contributed by atoms with Crippen LogP contribution in [0.4, 0.5) is 4.79 Å². The fourth-order valence-corrected chi connectivity index (χ4v) is 1.74. The first-order valence-electron chi connectivity index (χ1n) is 6.17. The van der Waals surface area contributed by atoms with Crippen molar-refractivity contribution in [2.75, 3.05) is 0 Å². The third kappa shape index (κ3) is 3.61. The molecular weight excluding hydrogens is 240 g/mol. The average Bonchev–Trinajstić information content (AvgIpc) is 2.70. The van der Waals surface area contributed by atoms with E-state index in [9.17, 15) is 4.79 Å². The van der Waals surface area contributed by atoms with Gasteiger partial charge in [-0.25, -0.2) is 4.79 Å². The molecule has 0 bridgehead atoms. The van der Waals surface area contributed by atoms with E-state index in [2.05, 4.69) is 10.3 Å². The highest BCUT2D eigenvalue weighted by molar-refractivity contribution is 5.88. The van der Waals surface area contributed by atoms with Crippen molar-refractivity contribution in [2.45, 2.75) is 26.3 Å². The Balaban J connectivity index is 2.01. The van der Waals surface area contributed by atoms with Crippen molar-refractivity contribution in [1.82, 2.24) is 10.3 Å². The zero-order valence-electron chi connectivity index (χ0n) is 11.4. The molecule has 19 heavy (non-hydrogen) atoms. The number of H-pyrrole nitrogens is 1. The van der Waals surface area contributed by atoms with Gasteiger partial charge in [0.15, 0.2) is 0 Å². The summed E-state index contributed by atoms with van der Waals surface area (Å²) in [6.07, 6.45) is 4.59. The minimum absolute atomic E-state index is 0.300. The molecule has 4 heteroatoms. The third-order valence-electron chi connectivity index (χ3n) is 2.52. The van der Waals surface area contributed by atoms with Gasteiger partial charge in [-0.1, -0.05) is 18.2 Å². The van der Waals surface area contributed by atoms with E-state index >= 15 is 0 Å². The molecule has 0 unspecified atom stereocenters. The summed E-state index contributed by atoms with van der Waals surface area (Å²) < 4.78 is 5.00. The van der Waals surface area contributed by atoms with E-state index in [4.69, 9.17) is 4.74 Å². The second kappa shape index (κ2) is 5.18. The molecule has 1 aromatic carbocycles. The van der Waals surface area contributed by atoms with Crippen molar-refractivity contribution in [1.29, 1.82) is 0 Å². The van der Waals surface area contributed by atoms with Gasteiger partial charge in [-0.2, -0.15) is 0 Å². The number of benzene rings is 1. The fraction of sp³-hybridized carbons (Fsp3) is 0.267. The van der Waals surface area contributed by atoms with Crippen molar-refractivity contribution in [3.05, 3.63) is 42.3 Å². The van der Waals surface area contributed by atoms with E-state index in [-0.39, 0.29) is 5.54 Å². The topological polar surface area (TPSA) is 54.1 Å². The van der Waals surface area contributed by atoms with Gasteiger partial charge in [0.25, 0.3) is 0 Å². The molecule has 0 aliphatic heterocycles. The maximum Gasteiger partial charge on any atom is 0.412 e. The molecule has 1 heterocycles. The van der Waals surface area contributed by atoms with Crippen LogP contribution in [-0.2, 0) is 4.74 Å². The Kier molecular flexibility index (Phi) is 3.60. The summed E-state index contributed by atoms with van der Waals surface area (Å²) in [7, 11) is 0. The van der Waals surface area contributed by atoms with Crippen LogP contribution in [0.5, 0.6) is 0 Å². The van der Waals surface area contributed by atoms with Gasteiger partial charge in [0.2, 0.25) is 0 Å². The lowest BCUT2D eigenvalue weighted by Gasteiger charge is -2.18. The summed E-state index contributed by atoms with van der Waals surface area (Å²) in [4.78, 5) is 14.6. The van der Waals surface area contributed by atoms with Gasteiger partial charge in [0.1, 0.15) is 0 Å². The summed E-state index contributed by atoms with van der Waals surface area (Å²) in [5.74, 6) is 0. The predicted octanol–water partition coefficient (Wildman–Crippen LogP) is 3.66. The number of fused-ring (bicyclic) bond motifs is 1. The minimum Gasteiger partial charge on any atom is -0.418 e. The molecule has 0 aliphatic rings. The average molecular weight is 258 g/mol. The van der Waals surface area contributed by atoms with Gasteiger partial charge in [0.05, 0.1) is 6.26 Å². The van der Waals surface area contributed by atoms with Crippen LogP contribution in [-0.4, -0.2) is 16.6 Å². The molecule has 0 fully saturated rings. The molecule has 2 N–H and O–H groups in total. The quantitative estimate of drug-likeness (QED) is 0.808. The number of rotatable bonds is 2. The van der Waals surface area contributed by atoms with Crippen LogP contribution in [0.1, 0.15) is 26.3 Å². The summed E-state index contributed by atoms with van der Waals surface area (Å²) in [5.41, 5.74) is 1.74. The smallest absolute Gasteiger partial charge is 0.412 e. The zero-order valence-corrected chi connectivity index (χ0v) is 11.4. The van der Waals surface area contributed by atoms with Crippen LogP contribution in [0.3, 0.4) is 0 Å². The van der Waals surface area contributed by atoms with Gasteiger partial charge in [-0.3, -0.25) is 0 Å². The Bertz CT molecular complexity index is 606. The lowest BCUT2D eigenvalue weighted by molar-refractivity contribution is 0.176. The Hall–Kier alpha value is -2.23. The lowest BCUT2D eigenvalue weighted by atomic mass is 10.1. The molecule has 1 amide bonds. The lowest BCUT2D eigenvalue weighted by Crippen LogP contribution is -2.40. The van der Waals surface area contributed by atoms with Gasteiger partial charge < -0.3 is 15.0 Å². The highest BCUT2D eigenvalue weighted by atomic mass is 16.5. The van der Waals surface area contributed by atoms with Gasteiger partial charge >= 0.3 is 6.09 Å². The van der Waals surface area contributed by atoms with E-state index in [0.29, 0.717) is 0 Å². The van der Waals surface area contributed by atoms with Crippen LogP contribution in [0.2, 0.25) is 0 Å². The van der Waals surface area contributed by atoms with E-state index in [1.807, 2.05) is 51.2 Å². The number of hydrogen-bond acceptors (Lipinski definition) is 2. The number of aromatic nitrogens is 1. The summed E-state index contributed by atoms with van der Waals surface area (Å²) in [6, 6.07) is 7.96. The molecule has 0 saturated carbocycles. The van der Waals surface area contributed by atoms with Gasteiger partial charge in [-0.15, -0.1) is 0 Å². The molecule has 1 aromatic heterocycles. The van der Waals surface area contributed by atoms with Crippen LogP contribution in [0.15, 0.2) is 36.7 Å². The van der Waals surface area contributed by atoms with Crippen molar-refractivity contribution < 1.29 is 9.53 Å². The molecule has 2 aromatic rings. The maximum absolute atomic E-state index is 11.5. The molecule has 0 saturated heterocycles. The van der Waals surface area contributed by atoms with E-state index < -0.39 is 6.09 Å². The van der Waals surface area contributed by atoms with Crippen molar-refractivity contribution in [2.24, 2.45) is 0 Å². The molecule has 100 valence electrons. The highest BCUT2D eigenvalue weighted by Gasteiger charge is 2.13. The van der Waals surface area contributed by atoms with Crippen LogP contribution < -0.4 is 5.32 Å². The standard InChI is InChI=1S/C15H18N2O2/c1-15(2,3)17-14(18)19-9-8-11-10-16-13-7-5-4-6-12(11)13/h4-10,16H,1-3H3,(H,17,18). The number of aromatic amines is 1. The molecule has 0 atom stereocenters. The van der Waals surface area contributed by atoms with Gasteiger partial charge in [0, 0.05) is 28.2 Å². The summed E-state index contributed by atoms with van der Waals surface area (Å²) in [6.45, 7) is 5.70. The SMILES string of the molecule is CC(C)(C)NC(=O)OC=Cc1c[nH]c2ccccc12. The number of ether oxygens (including phenoxy) is 1. The first kappa shape index (κ1) is 13.2. The molecule has 0 aliphatic carbocycles. The number of para-hydroxylation sites is 1. The van der Waals surface area contributed by atoms with Crippen LogP contribution in [0, 0.1) is 0 Å². The number of nitrogens with one attached hydrogen (secondary N) is 2. The predicted molar refractivity (Wildman–Crippen MR) is 76.7 cm³/mol. The Morgan fingerprint density at radius 3 is 2.79 bits per heavy atom. The Labute approximate surface area is 112 Å². The van der Waals surface area contributed by atoms with Crippen LogP contribution >= 0.6 is 0 Å². The monoisotopic (exact) mass is 258 g/mol. The molecular formula is C15H18N2O2. The van der Waals surface area contributed by atoms with Crippen molar-refractivity contribution in [3.63, 3.8) is 0 Å². The molecule has 4 nitrogen and oxygen atoms in total. The van der Waals surface area contributed by atoms with Crippen molar-refractivity contribution in [3.8, 4) is 0 Å². The summed E-state index contributed by atoms with van der Waals surface area (Å²) >= 11 is 0. The third-order valence-corrected chi connectivity index (χ3v) is 2.52. The summed E-state index contributed by atoms with van der Waals surface area (Å²) in [5, 5.41) is 3.81. The Morgan fingerprint density at radius 2 is 2.05 bits per heavy atom. The largest absolute Gasteiger partial charge is 0.418 e. The van der Waals surface area contributed by atoms with E-state index in [1.165, 1.54) is 6.26 Å². The molecule has 0 spiro atoms. The molecule has 2 rings (SSSR count). The normalized spacial score (nSPS) is 11.9. The fourth-order valence-electron chi connectivity index (χ4n) is 1.74. The second-order valence-corrected chi connectivity index (χ2v) is 5.37. The van der Waals surface area contributed by atoms with Gasteiger partial charge in [-0.05, 0) is 32.9 Å². The first-order chi connectivity index (χ1) is 8.96. The van der Waals surface area contributed by atoms with Crippen molar-refractivity contribution >= 4 is 23.1 Å². The first-order valence-corrected chi connectivity index (χ1v) is 6.17. The number of amides is 1. The Morgan fingerprint density at radius 1 is 1.32 bits per heavy atom.